The van der Waals surface area contributed by atoms with Crippen LogP contribution in [0.5, 0.6) is 0 Å². The third-order valence-electron chi connectivity index (χ3n) is 2.98. The number of rotatable bonds is 4. The van der Waals surface area contributed by atoms with Crippen LogP contribution in [0, 0.1) is 0 Å². The zero-order chi connectivity index (χ0) is 15.1. The van der Waals surface area contributed by atoms with Crippen LogP contribution in [-0.2, 0) is 10.0 Å². The normalized spacial score (nSPS) is 22.4. The molecule has 1 aliphatic carbocycles. The number of sulfonamides is 1. The molecule has 0 aromatic heterocycles. The zero-order valence-electron chi connectivity index (χ0n) is 10.0. The number of carboxylic acid groups (broad SMARTS) is 1. The summed E-state index contributed by atoms with van der Waals surface area (Å²) >= 11 is 11.5. The van der Waals surface area contributed by atoms with Crippen LogP contribution in [0.15, 0.2) is 17.0 Å². The number of aliphatic hydroxyl groups excluding tert-OH is 1. The van der Waals surface area contributed by atoms with Gasteiger partial charge in [0.15, 0.2) is 0 Å². The van der Waals surface area contributed by atoms with Crippen molar-refractivity contribution in [2.24, 2.45) is 0 Å². The molecule has 1 aromatic carbocycles. The summed E-state index contributed by atoms with van der Waals surface area (Å²) in [6.07, 6.45) is 0.116. The maximum absolute atomic E-state index is 12.1. The predicted molar refractivity (Wildman–Crippen MR) is 72.8 cm³/mol. The highest BCUT2D eigenvalue weighted by Crippen LogP contribution is 2.30. The zero-order valence-corrected chi connectivity index (χ0v) is 12.3. The maximum atomic E-state index is 12.1. The Bertz CT molecular complexity index is 655. The van der Waals surface area contributed by atoms with E-state index in [0.29, 0.717) is 12.8 Å². The van der Waals surface area contributed by atoms with Gasteiger partial charge in [-0.3, -0.25) is 0 Å². The van der Waals surface area contributed by atoms with Crippen LogP contribution in [0.25, 0.3) is 0 Å². The Hall–Kier alpha value is -0.860. The molecule has 1 fully saturated rings. The van der Waals surface area contributed by atoms with Gasteiger partial charge >= 0.3 is 5.97 Å². The van der Waals surface area contributed by atoms with Gasteiger partial charge in [-0.25, -0.2) is 17.9 Å². The first-order chi connectivity index (χ1) is 9.20. The van der Waals surface area contributed by atoms with Crippen LogP contribution in [0.4, 0.5) is 0 Å². The summed E-state index contributed by atoms with van der Waals surface area (Å²) in [6, 6.07) is 1.62. The molecular weight excluding hydrogens is 329 g/mol. The monoisotopic (exact) mass is 339 g/mol. The second kappa shape index (κ2) is 5.50. The first-order valence-corrected chi connectivity index (χ1v) is 7.87. The molecule has 0 saturated heterocycles. The van der Waals surface area contributed by atoms with Gasteiger partial charge in [0.05, 0.1) is 21.7 Å². The van der Waals surface area contributed by atoms with Crippen molar-refractivity contribution in [3.05, 3.63) is 27.7 Å². The SMILES string of the molecule is O=C(O)c1cc(S(=O)(=O)NC2CC(O)C2)c(Cl)cc1Cl. The molecule has 0 aliphatic heterocycles. The number of benzene rings is 1. The lowest BCUT2D eigenvalue weighted by molar-refractivity contribution is 0.0695. The van der Waals surface area contributed by atoms with Crippen molar-refractivity contribution in [1.82, 2.24) is 4.72 Å². The number of carbonyl (C=O) groups is 1. The minimum absolute atomic E-state index is 0.138. The van der Waals surface area contributed by atoms with E-state index in [2.05, 4.69) is 4.72 Å². The van der Waals surface area contributed by atoms with Crippen molar-refractivity contribution in [3.63, 3.8) is 0 Å². The molecule has 0 unspecified atom stereocenters. The van der Waals surface area contributed by atoms with Crippen LogP contribution < -0.4 is 4.72 Å². The van der Waals surface area contributed by atoms with Crippen molar-refractivity contribution < 1.29 is 23.4 Å². The van der Waals surface area contributed by atoms with E-state index in [1.807, 2.05) is 0 Å². The molecule has 0 heterocycles. The van der Waals surface area contributed by atoms with E-state index in [1.54, 1.807) is 0 Å². The van der Waals surface area contributed by atoms with E-state index in [-0.39, 0.29) is 26.5 Å². The Morgan fingerprint density at radius 1 is 1.25 bits per heavy atom. The number of hydrogen-bond donors (Lipinski definition) is 3. The van der Waals surface area contributed by atoms with Crippen LogP contribution in [-0.4, -0.2) is 36.7 Å². The fourth-order valence-corrected chi connectivity index (χ4v) is 3.98. The molecule has 0 spiro atoms. The summed E-state index contributed by atoms with van der Waals surface area (Å²) in [4.78, 5) is 10.6. The summed E-state index contributed by atoms with van der Waals surface area (Å²) in [7, 11) is -3.96. The number of halogens is 2. The molecule has 0 radical (unpaired) electrons. The third kappa shape index (κ3) is 3.07. The Morgan fingerprint density at radius 2 is 1.85 bits per heavy atom. The molecule has 1 aliphatic rings. The molecule has 0 amide bonds. The smallest absolute Gasteiger partial charge is 0.337 e. The highest BCUT2D eigenvalue weighted by molar-refractivity contribution is 7.89. The quantitative estimate of drug-likeness (QED) is 0.771. The fraction of sp³-hybridized carbons (Fsp3) is 0.364. The average molecular weight is 340 g/mol. The lowest BCUT2D eigenvalue weighted by Gasteiger charge is -2.31. The van der Waals surface area contributed by atoms with E-state index in [1.165, 1.54) is 0 Å². The highest BCUT2D eigenvalue weighted by atomic mass is 35.5. The Kier molecular flexibility index (Phi) is 4.27. The Balaban J connectivity index is 2.35. The van der Waals surface area contributed by atoms with Crippen LogP contribution in [0.3, 0.4) is 0 Å². The molecule has 3 N–H and O–H groups in total. The number of carboxylic acids is 1. The second-order valence-electron chi connectivity index (χ2n) is 4.51. The maximum Gasteiger partial charge on any atom is 0.337 e. The van der Waals surface area contributed by atoms with E-state index in [9.17, 15) is 13.2 Å². The standard InChI is InChI=1S/C11H11Cl2NO5S/c12-8-4-9(13)10(3-7(8)11(16)17)20(18,19)14-5-1-6(15)2-5/h3-6,14-15H,1-2H2,(H,16,17). The van der Waals surface area contributed by atoms with E-state index in [0.717, 1.165) is 12.1 Å². The second-order valence-corrected chi connectivity index (χ2v) is 7.01. The van der Waals surface area contributed by atoms with Gasteiger partial charge in [-0.05, 0) is 25.0 Å². The first kappa shape index (κ1) is 15.5. The molecule has 1 aromatic rings. The number of hydrogen-bond acceptors (Lipinski definition) is 4. The number of nitrogens with one attached hydrogen (secondary N) is 1. The topological polar surface area (TPSA) is 104 Å². The molecule has 1 saturated carbocycles. The highest BCUT2D eigenvalue weighted by Gasteiger charge is 2.32. The lowest BCUT2D eigenvalue weighted by atomic mass is 9.91. The Labute approximate surface area is 125 Å². The summed E-state index contributed by atoms with van der Waals surface area (Å²) < 4.78 is 26.6. The average Bonchev–Trinajstić information content (AvgIpc) is 2.25. The van der Waals surface area contributed by atoms with Gasteiger partial charge in [0.2, 0.25) is 10.0 Å². The van der Waals surface area contributed by atoms with Crippen LogP contribution >= 0.6 is 23.2 Å². The minimum atomic E-state index is -3.96. The molecule has 2 rings (SSSR count). The van der Waals surface area contributed by atoms with Gasteiger partial charge < -0.3 is 10.2 Å². The van der Waals surface area contributed by atoms with Crippen molar-refractivity contribution in [2.45, 2.75) is 29.9 Å². The molecule has 20 heavy (non-hydrogen) atoms. The molecule has 6 nitrogen and oxygen atoms in total. The van der Waals surface area contributed by atoms with Gasteiger partial charge in [-0.2, -0.15) is 0 Å². The van der Waals surface area contributed by atoms with Gasteiger partial charge in [0.25, 0.3) is 0 Å². The van der Waals surface area contributed by atoms with E-state index >= 15 is 0 Å². The first-order valence-electron chi connectivity index (χ1n) is 5.63. The molecule has 110 valence electrons. The van der Waals surface area contributed by atoms with Crippen molar-refractivity contribution in [1.29, 1.82) is 0 Å². The van der Waals surface area contributed by atoms with Gasteiger partial charge in [-0.15, -0.1) is 0 Å². The number of aliphatic hydroxyl groups is 1. The van der Waals surface area contributed by atoms with Crippen molar-refractivity contribution >= 4 is 39.2 Å². The lowest BCUT2D eigenvalue weighted by Crippen LogP contribution is -2.46. The van der Waals surface area contributed by atoms with Crippen molar-refractivity contribution in [2.75, 3.05) is 0 Å². The summed E-state index contributed by atoms with van der Waals surface area (Å²) in [6.45, 7) is 0. The summed E-state index contributed by atoms with van der Waals surface area (Å²) in [5, 5.41) is 17.8. The molecule has 0 bridgehead atoms. The molecule has 9 heteroatoms. The van der Waals surface area contributed by atoms with Crippen LogP contribution in [0.2, 0.25) is 10.0 Å². The van der Waals surface area contributed by atoms with Gasteiger partial charge in [-0.1, -0.05) is 23.2 Å². The third-order valence-corrected chi connectivity index (χ3v) is 5.27. The van der Waals surface area contributed by atoms with Crippen LogP contribution in [0.1, 0.15) is 23.2 Å². The molecule has 0 atom stereocenters. The summed E-state index contributed by atoms with van der Waals surface area (Å²) in [5.74, 6) is -1.35. The van der Waals surface area contributed by atoms with E-state index in [4.69, 9.17) is 33.4 Å². The predicted octanol–water partition coefficient (Wildman–Crippen LogP) is 1.49. The minimum Gasteiger partial charge on any atom is -0.478 e. The Morgan fingerprint density at radius 3 is 2.35 bits per heavy atom. The van der Waals surface area contributed by atoms with Gasteiger partial charge in [0.1, 0.15) is 4.90 Å². The fourth-order valence-electron chi connectivity index (χ4n) is 1.87. The largest absolute Gasteiger partial charge is 0.478 e. The molecular formula is C11H11Cl2NO5S. The van der Waals surface area contributed by atoms with E-state index < -0.39 is 22.1 Å². The van der Waals surface area contributed by atoms with Gasteiger partial charge in [0, 0.05) is 6.04 Å². The van der Waals surface area contributed by atoms with Crippen molar-refractivity contribution in [3.8, 4) is 0 Å². The summed E-state index contributed by atoms with van der Waals surface area (Å²) in [5.41, 5.74) is -0.343. The number of aromatic carboxylic acids is 1.